The molecule has 0 amide bonds. The summed E-state index contributed by atoms with van der Waals surface area (Å²) in [6, 6.07) is 40.7. The van der Waals surface area contributed by atoms with E-state index >= 15 is 0 Å². The molecule has 4 nitrogen and oxygen atoms in total. The highest BCUT2D eigenvalue weighted by molar-refractivity contribution is 6.58. The molecule has 0 radical (unpaired) electrons. The Bertz CT molecular complexity index is 1680. The van der Waals surface area contributed by atoms with Crippen LogP contribution >= 0.6 is 0 Å². The molecule has 0 aliphatic heterocycles. The molecule has 5 aromatic carbocycles. The lowest BCUT2D eigenvalue weighted by Crippen LogP contribution is -2.29. The van der Waals surface area contributed by atoms with E-state index in [0.29, 0.717) is 5.46 Å². The van der Waals surface area contributed by atoms with Crippen molar-refractivity contribution >= 4 is 56.2 Å². The fraction of sp³-hybridized carbons (Fsp3) is 0. The Kier molecular flexibility index (Phi) is 5.34. The molecule has 3 N–H and O–H groups in total. The van der Waals surface area contributed by atoms with Crippen molar-refractivity contribution < 1.29 is 10.0 Å². The summed E-state index contributed by atoms with van der Waals surface area (Å²) in [5, 5.41) is 23.5. The fourth-order valence-corrected chi connectivity index (χ4v) is 4.80. The van der Waals surface area contributed by atoms with Crippen LogP contribution in [0.25, 0.3) is 49.3 Å². The number of H-pyrrole nitrogens is 1. The zero-order chi connectivity index (χ0) is 23.8. The second-order valence-electron chi connectivity index (χ2n) is 8.55. The zero-order valence-corrected chi connectivity index (χ0v) is 19.0. The van der Waals surface area contributed by atoms with E-state index in [1.54, 1.807) is 12.1 Å². The molecule has 7 aromatic rings. The fourth-order valence-electron chi connectivity index (χ4n) is 4.80. The first-order chi connectivity index (χ1) is 17.2. The van der Waals surface area contributed by atoms with Crippen molar-refractivity contribution in [2.75, 3.05) is 0 Å². The minimum atomic E-state index is -1.44. The Labute approximate surface area is 202 Å². The third-order valence-electron chi connectivity index (χ3n) is 6.44. The molecule has 5 heteroatoms. The number of aromatic nitrogens is 2. The number of rotatable bonds is 2. The lowest BCUT2D eigenvalue weighted by atomic mass is 9.80. The maximum atomic E-state index is 9.24. The van der Waals surface area contributed by atoms with Gasteiger partial charge in [0.05, 0.1) is 11.0 Å². The molecule has 0 atom stereocenters. The van der Waals surface area contributed by atoms with Crippen LogP contribution in [0.1, 0.15) is 0 Å². The van der Waals surface area contributed by atoms with E-state index in [-0.39, 0.29) is 0 Å². The summed E-state index contributed by atoms with van der Waals surface area (Å²) in [5.41, 5.74) is 6.20. The molecular formula is C30H23BN2O2. The van der Waals surface area contributed by atoms with Gasteiger partial charge in [-0.25, -0.2) is 0 Å². The van der Waals surface area contributed by atoms with E-state index in [4.69, 9.17) is 0 Å². The summed E-state index contributed by atoms with van der Waals surface area (Å²) < 4.78 is 2.19. The minimum Gasteiger partial charge on any atom is -0.423 e. The van der Waals surface area contributed by atoms with E-state index in [0.717, 1.165) is 16.7 Å². The first kappa shape index (κ1) is 21.2. The Morgan fingerprint density at radius 1 is 0.486 bits per heavy atom. The van der Waals surface area contributed by atoms with Crippen molar-refractivity contribution in [1.29, 1.82) is 0 Å². The Morgan fingerprint density at radius 2 is 0.914 bits per heavy atom. The first-order valence-electron chi connectivity index (χ1n) is 11.6. The maximum Gasteiger partial charge on any atom is 0.488 e. The number of benzene rings is 5. The van der Waals surface area contributed by atoms with Crippen molar-refractivity contribution in [3.8, 4) is 5.69 Å². The third-order valence-corrected chi connectivity index (χ3v) is 6.44. The Morgan fingerprint density at radius 3 is 1.40 bits per heavy atom. The van der Waals surface area contributed by atoms with Gasteiger partial charge in [-0.05, 0) is 41.9 Å². The third kappa shape index (κ3) is 3.77. The number of nitrogens with one attached hydrogen (secondary N) is 1. The molecule has 0 saturated heterocycles. The van der Waals surface area contributed by atoms with Crippen LogP contribution in [0.5, 0.6) is 0 Å². The van der Waals surface area contributed by atoms with E-state index in [9.17, 15) is 10.0 Å². The number of aromatic amines is 1. The number of hydrogen-bond acceptors (Lipinski definition) is 2. The van der Waals surface area contributed by atoms with Crippen molar-refractivity contribution in [3.05, 3.63) is 121 Å². The van der Waals surface area contributed by atoms with Gasteiger partial charge in [0, 0.05) is 38.3 Å². The van der Waals surface area contributed by atoms with Gasteiger partial charge in [-0.1, -0.05) is 84.9 Å². The predicted molar refractivity (Wildman–Crippen MR) is 146 cm³/mol. The molecule has 0 aliphatic carbocycles. The average molecular weight is 454 g/mol. The summed E-state index contributed by atoms with van der Waals surface area (Å²) >= 11 is 0. The molecule has 7 rings (SSSR count). The van der Waals surface area contributed by atoms with E-state index in [1.165, 1.54) is 32.6 Å². The average Bonchev–Trinajstić information content (AvgIpc) is 3.45. The molecule has 2 heterocycles. The van der Waals surface area contributed by atoms with Gasteiger partial charge in [-0.15, -0.1) is 0 Å². The van der Waals surface area contributed by atoms with Gasteiger partial charge in [0.2, 0.25) is 0 Å². The zero-order valence-electron chi connectivity index (χ0n) is 19.0. The summed E-state index contributed by atoms with van der Waals surface area (Å²) in [4.78, 5) is 3.38. The smallest absolute Gasteiger partial charge is 0.423 e. The summed E-state index contributed by atoms with van der Waals surface area (Å²) in [7, 11) is -1.44. The molecular weight excluding hydrogens is 431 g/mol. The monoisotopic (exact) mass is 454 g/mol. The van der Waals surface area contributed by atoms with Gasteiger partial charge in [0.25, 0.3) is 0 Å². The molecule has 0 spiro atoms. The van der Waals surface area contributed by atoms with E-state index < -0.39 is 7.12 Å². The van der Waals surface area contributed by atoms with Crippen LogP contribution in [-0.4, -0.2) is 26.7 Å². The maximum absolute atomic E-state index is 9.24. The number of fused-ring (bicyclic) bond motifs is 6. The number of nitrogens with zero attached hydrogens (tertiary/aromatic N) is 1. The molecule has 168 valence electrons. The molecule has 0 unspecified atom stereocenters. The van der Waals surface area contributed by atoms with Gasteiger partial charge in [0.1, 0.15) is 0 Å². The minimum absolute atomic E-state index is 0.490. The van der Waals surface area contributed by atoms with Crippen molar-refractivity contribution in [2.45, 2.75) is 0 Å². The van der Waals surface area contributed by atoms with Crippen molar-refractivity contribution in [1.82, 2.24) is 9.55 Å². The normalized spacial score (nSPS) is 11.1. The largest absolute Gasteiger partial charge is 0.488 e. The topological polar surface area (TPSA) is 61.2 Å². The van der Waals surface area contributed by atoms with E-state index in [1.807, 2.05) is 36.4 Å². The highest BCUT2D eigenvalue weighted by atomic mass is 16.4. The highest BCUT2D eigenvalue weighted by Gasteiger charge is 2.13. The van der Waals surface area contributed by atoms with Gasteiger partial charge in [-0.3, -0.25) is 0 Å². The molecule has 0 aliphatic rings. The first-order valence-corrected chi connectivity index (χ1v) is 11.6. The Balaban J connectivity index is 0.000000149. The van der Waals surface area contributed by atoms with E-state index in [2.05, 4.69) is 82.3 Å². The van der Waals surface area contributed by atoms with Crippen LogP contribution < -0.4 is 5.46 Å². The molecule has 0 saturated carbocycles. The molecule has 0 bridgehead atoms. The Hall–Kier alpha value is -4.32. The van der Waals surface area contributed by atoms with Crippen LogP contribution in [0.2, 0.25) is 0 Å². The van der Waals surface area contributed by atoms with Gasteiger partial charge in [0.15, 0.2) is 0 Å². The molecule has 2 aromatic heterocycles. The lowest BCUT2D eigenvalue weighted by Gasteiger charge is -2.08. The number of hydrogen-bond donors (Lipinski definition) is 3. The van der Waals surface area contributed by atoms with Crippen molar-refractivity contribution in [3.63, 3.8) is 0 Å². The summed E-state index contributed by atoms with van der Waals surface area (Å²) in [5.74, 6) is 0. The van der Waals surface area contributed by atoms with Gasteiger partial charge >= 0.3 is 7.12 Å². The van der Waals surface area contributed by atoms with Crippen molar-refractivity contribution in [2.24, 2.45) is 0 Å². The lowest BCUT2D eigenvalue weighted by molar-refractivity contribution is 0.426. The molecule has 35 heavy (non-hydrogen) atoms. The number of para-hydroxylation sites is 4. The van der Waals surface area contributed by atoms with Crippen LogP contribution in [0.15, 0.2) is 121 Å². The second kappa shape index (κ2) is 8.80. The van der Waals surface area contributed by atoms with Crippen LogP contribution in [-0.2, 0) is 0 Å². The van der Waals surface area contributed by atoms with Gasteiger partial charge < -0.3 is 19.6 Å². The second-order valence-corrected chi connectivity index (χ2v) is 8.55. The summed E-state index contributed by atoms with van der Waals surface area (Å²) in [6.45, 7) is 0. The summed E-state index contributed by atoms with van der Waals surface area (Å²) in [6.07, 6.45) is 0. The SMILES string of the molecule is OB(O)c1ccc(-n2c3ccccc3c3ccccc32)cc1.c1ccc2c(c1)[nH]c1ccccc12. The quantitative estimate of drug-likeness (QED) is 0.290. The van der Waals surface area contributed by atoms with Crippen LogP contribution in [0.4, 0.5) is 0 Å². The van der Waals surface area contributed by atoms with Crippen LogP contribution in [0.3, 0.4) is 0 Å². The predicted octanol–water partition coefficient (Wildman–Crippen LogP) is 5.78. The van der Waals surface area contributed by atoms with Crippen LogP contribution in [0, 0.1) is 0 Å². The molecule has 0 fully saturated rings. The highest BCUT2D eigenvalue weighted by Crippen LogP contribution is 2.31. The van der Waals surface area contributed by atoms with Gasteiger partial charge in [-0.2, -0.15) is 0 Å². The standard InChI is InChI=1S/C18H14BNO2.C12H9N/c21-19(22)13-9-11-14(12-10-13)20-17-7-3-1-5-15(17)16-6-2-4-8-18(16)20;1-3-7-11-9(5-1)10-6-2-4-8-12(10)13-11/h1-12,21-22H;1-8,13H.